The Morgan fingerprint density at radius 2 is 2.00 bits per heavy atom. The molecule has 0 bridgehead atoms. The van der Waals surface area contributed by atoms with Gasteiger partial charge in [0.2, 0.25) is 5.95 Å². The Balaban J connectivity index is 1.68. The molecule has 26 heavy (non-hydrogen) atoms. The lowest BCUT2D eigenvalue weighted by Crippen LogP contribution is -2.24. The Morgan fingerprint density at radius 3 is 2.81 bits per heavy atom. The summed E-state index contributed by atoms with van der Waals surface area (Å²) in [6.45, 7) is 0.337. The van der Waals surface area contributed by atoms with Gasteiger partial charge in [-0.05, 0) is 30.3 Å². The summed E-state index contributed by atoms with van der Waals surface area (Å²) in [7, 11) is 1.60. The van der Waals surface area contributed by atoms with Crippen molar-refractivity contribution >= 4 is 29.1 Å². The lowest BCUT2D eigenvalue weighted by atomic mass is 10.2. The number of halogens is 1. The van der Waals surface area contributed by atoms with Gasteiger partial charge >= 0.3 is 0 Å². The van der Waals surface area contributed by atoms with E-state index in [1.54, 1.807) is 25.3 Å². The molecule has 0 aliphatic carbocycles. The first-order valence-electron chi connectivity index (χ1n) is 7.91. The first kappa shape index (κ1) is 17.7. The maximum Gasteiger partial charge on any atom is 0.270 e. The summed E-state index contributed by atoms with van der Waals surface area (Å²) in [5, 5.41) is 6.46. The van der Waals surface area contributed by atoms with Crippen molar-refractivity contribution in [1.82, 2.24) is 15.3 Å². The molecule has 0 fully saturated rings. The summed E-state index contributed by atoms with van der Waals surface area (Å²) in [5.74, 6) is 0.739. The molecule has 0 radical (unpaired) electrons. The first-order valence-corrected chi connectivity index (χ1v) is 8.29. The molecule has 1 aromatic heterocycles. The first-order chi connectivity index (χ1) is 12.7. The molecule has 3 rings (SSSR count). The van der Waals surface area contributed by atoms with Crippen molar-refractivity contribution in [1.29, 1.82) is 0 Å². The third kappa shape index (κ3) is 4.49. The van der Waals surface area contributed by atoms with Crippen LogP contribution in [0.1, 0.15) is 16.1 Å². The third-order valence-corrected chi connectivity index (χ3v) is 3.84. The van der Waals surface area contributed by atoms with Crippen molar-refractivity contribution in [3.63, 3.8) is 0 Å². The minimum Gasteiger partial charge on any atom is -0.496 e. The molecular weight excluding hydrogens is 352 g/mol. The number of para-hydroxylation sites is 1. The summed E-state index contributed by atoms with van der Waals surface area (Å²) in [6, 6.07) is 16.2. The number of benzene rings is 2. The molecule has 2 N–H and O–H groups in total. The number of nitrogens with zero attached hydrogens (tertiary/aromatic N) is 2. The van der Waals surface area contributed by atoms with Gasteiger partial charge in [-0.2, -0.15) is 0 Å². The zero-order valence-corrected chi connectivity index (χ0v) is 14.8. The van der Waals surface area contributed by atoms with E-state index < -0.39 is 0 Å². The average molecular weight is 369 g/mol. The average Bonchev–Trinajstić information content (AvgIpc) is 2.66. The zero-order valence-electron chi connectivity index (χ0n) is 14.1. The minimum atomic E-state index is -0.299. The van der Waals surface area contributed by atoms with E-state index >= 15 is 0 Å². The van der Waals surface area contributed by atoms with Gasteiger partial charge in [-0.15, -0.1) is 0 Å². The van der Waals surface area contributed by atoms with E-state index in [0.29, 0.717) is 17.5 Å². The number of ether oxygens (including phenoxy) is 1. The van der Waals surface area contributed by atoms with Crippen LogP contribution in [0.3, 0.4) is 0 Å². The number of anilines is 2. The predicted octanol–water partition coefficient (Wildman–Crippen LogP) is 3.81. The van der Waals surface area contributed by atoms with E-state index in [-0.39, 0.29) is 11.6 Å². The molecule has 0 aliphatic rings. The second kappa shape index (κ2) is 8.31. The molecular formula is C19H17ClN4O2. The van der Waals surface area contributed by atoms with Crippen LogP contribution in [0.5, 0.6) is 5.75 Å². The van der Waals surface area contributed by atoms with Crippen molar-refractivity contribution in [2.75, 3.05) is 12.4 Å². The van der Waals surface area contributed by atoms with Gasteiger partial charge in [0.25, 0.3) is 5.91 Å². The smallest absolute Gasteiger partial charge is 0.270 e. The van der Waals surface area contributed by atoms with E-state index in [9.17, 15) is 4.79 Å². The Morgan fingerprint density at radius 1 is 1.15 bits per heavy atom. The molecule has 1 amide bonds. The number of nitrogens with one attached hydrogen (secondary N) is 2. The van der Waals surface area contributed by atoms with Crippen molar-refractivity contribution < 1.29 is 9.53 Å². The number of hydrogen-bond acceptors (Lipinski definition) is 5. The molecule has 0 atom stereocenters. The van der Waals surface area contributed by atoms with E-state index in [2.05, 4.69) is 20.6 Å². The maximum absolute atomic E-state index is 12.4. The van der Waals surface area contributed by atoms with Crippen LogP contribution in [-0.4, -0.2) is 23.0 Å². The van der Waals surface area contributed by atoms with Gasteiger partial charge < -0.3 is 15.4 Å². The Hall–Kier alpha value is -3.12. The number of carbonyl (C=O) groups excluding carboxylic acids is 1. The number of hydrogen-bond donors (Lipinski definition) is 2. The van der Waals surface area contributed by atoms with Crippen LogP contribution in [0.4, 0.5) is 11.6 Å². The summed E-state index contributed by atoms with van der Waals surface area (Å²) in [6.07, 6.45) is 1.53. The molecule has 0 saturated heterocycles. The number of rotatable bonds is 6. The number of amides is 1. The third-order valence-electron chi connectivity index (χ3n) is 3.60. The highest BCUT2D eigenvalue weighted by molar-refractivity contribution is 6.30. The standard InChI is InChI=1S/C19H17ClN4O2/c1-26-17-8-3-2-5-13(17)12-22-18(25)16-9-10-21-19(24-16)23-15-7-4-6-14(20)11-15/h2-11H,12H2,1H3,(H,22,25)(H,21,23,24). The van der Waals surface area contributed by atoms with Crippen LogP contribution in [0.2, 0.25) is 5.02 Å². The van der Waals surface area contributed by atoms with Gasteiger partial charge in [-0.3, -0.25) is 4.79 Å². The van der Waals surface area contributed by atoms with Crippen LogP contribution < -0.4 is 15.4 Å². The van der Waals surface area contributed by atoms with Crippen molar-refractivity contribution in [3.8, 4) is 5.75 Å². The highest BCUT2D eigenvalue weighted by atomic mass is 35.5. The van der Waals surface area contributed by atoms with Crippen molar-refractivity contribution in [2.24, 2.45) is 0 Å². The monoisotopic (exact) mass is 368 g/mol. The van der Waals surface area contributed by atoms with Gasteiger partial charge in [0, 0.05) is 29.0 Å². The van der Waals surface area contributed by atoms with Gasteiger partial charge in [0.15, 0.2) is 0 Å². The molecule has 0 saturated carbocycles. The minimum absolute atomic E-state index is 0.263. The highest BCUT2D eigenvalue weighted by Gasteiger charge is 2.10. The lowest BCUT2D eigenvalue weighted by molar-refractivity contribution is 0.0945. The van der Waals surface area contributed by atoms with Gasteiger partial charge in [0.05, 0.1) is 7.11 Å². The largest absolute Gasteiger partial charge is 0.496 e. The number of aromatic nitrogens is 2. The zero-order chi connectivity index (χ0) is 18.4. The van der Waals surface area contributed by atoms with E-state index in [4.69, 9.17) is 16.3 Å². The number of carbonyl (C=O) groups is 1. The second-order valence-electron chi connectivity index (χ2n) is 5.40. The Kier molecular flexibility index (Phi) is 5.66. The second-order valence-corrected chi connectivity index (χ2v) is 5.83. The molecule has 6 nitrogen and oxygen atoms in total. The topological polar surface area (TPSA) is 76.1 Å². The van der Waals surface area contributed by atoms with E-state index in [1.165, 1.54) is 6.20 Å². The summed E-state index contributed by atoms with van der Waals surface area (Å²) >= 11 is 5.96. The molecule has 0 aliphatic heterocycles. The SMILES string of the molecule is COc1ccccc1CNC(=O)c1ccnc(Nc2cccc(Cl)c2)n1. The molecule has 0 unspecified atom stereocenters. The molecule has 1 heterocycles. The van der Waals surface area contributed by atoms with Gasteiger partial charge in [-0.1, -0.05) is 35.9 Å². The Bertz CT molecular complexity index is 917. The highest BCUT2D eigenvalue weighted by Crippen LogP contribution is 2.18. The molecule has 132 valence electrons. The van der Waals surface area contributed by atoms with E-state index in [0.717, 1.165) is 17.0 Å². The van der Waals surface area contributed by atoms with Crippen LogP contribution in [-0.2, 0) is 6.54 Å². The van der Waals surface area contributed by atoms with Crippen LogP contribution in [0.25, 0.3) is 0 Å². The van der Waals surface area contributed by atoms with Crippen LogP contribution in [0.15, 0.2) is 60.8 Å². The molecule has 0 spiro atoms. The fourth-order valence-corrected chi connectivity index (χ4v) is 2.55. The van der Waals surface area contributed by atoms with Gasteiger partial charge in [-0.25, -0.2) is 9.97 Å². The molecule has 2 aromatic carbocycles. The maximum atomic E-state index is 12.4. The van der Waals surface area contributed by atoms with Crippen molar-refractivity contribution in [2.45, 2.75) is 6.54 Å². The van der Waals surface area contributed by atoms with Gasteiger partial charge in [0.1, 0.15) is 11.4 Å². The van der Waals surface area contributed by atoms with Crippen LogP contribution in [0, 0.1) is 0 Å². The number of methoxy groups -OCH3 is 1. The van der Waals surface area contributed by atoms with Crippen molar-refractivity contribution in [3.05, 3.63) is 77.1 Å². The molecule has 7 heteroatoms. The van der Waals surface area contributed by atoms with Crippen LogP contribution >= 0.6 is 11.6 Å². The van der Waals surface area contributed by atoms with E-state index in [1.807, 2.05) is 36.4 Å². The normalized spacial score (nSPS) is 10.2. The summed E-state index contributed by atoms with van der Waals surface area (Å²) in [5.41, 5.74) is 1.89. The molecule has 3 aromatic rings. The predicted molar refractivity (Wildman–Crippen MR) is 101 cm³/mol. The quantitative estimate of drug-likeness (QED) is 0.691. The summed E-state index contributed by atoms with van der Waals surface area (Å²) in [4.78, 5) is 20.8. The fourth-order valence-electron chi connectivity index (χ4n) is 2.36. The Labute approximate surface area is 156 Å². The lowest BCUT2D eigenvalue weighted by Gasteiger charge is -2.10. The fraction of sp³-hybridized carbons (Fsp3) is 0.105. The summed E-state index contributed by atoms with van der Waals surface area (Å²) < 4.78 is 5.28.